The van der Waals surface area contributed by atoms with Crippen LogP contribution in [0.2, 0.25) is 0 Å². The zero-order valence-corrected chi connectivity index (χ0v) is 17.8. The van der Waals surface area contributed by atoms with Gasteiger partial charge in [-0.15, -0.1) is 11.3 Å². The van der Waals surface area contributed by atoms with Gasteiger partial charge in [0, 0.05) is 17.0 Å². The molecule has 1 aliphatic heterocycles. The zero-order valence-electron chi connectivity index (χ0n) is 16.9. The quantitative estimate of drug-likeness (QED) is 0.533. The van der Waals surface area contributed by atoms with Gasteiger partial charge >= 0.3 is 0 Å². The Bertz CT molecular complexity index is 1190. The molecule has 0 saturated carbocycles. The van der Waals surface area contributed by atoms with Crippen molar-refractivity contribution in [2.75, 3.05) is 5.32 Å². The van der Waals surface area contributed by atoms with Crippen molar-refractivity contribution >= 4 is 27.4 Å². The van der Waals surface area contributed by atoms with Gasteiger partial charge in [-0.25, -0.2) is 4.68 Å². The Kier molecular flexibility index (Phi) is 4.22. The van der Waals surface area contributed by atoms with Crippen LogP contribution in [0, 0.1) is 13.8 Å². The third kappa shape index (κ3) is 3.32. The van der Waals surface area contributed by atoms with Crippen LogP contribution in [0.4, 0.5) is 5.82 Å². The smallest absolute Gasteiger partial charge is 0.254 e. The molecule has 1 aliphatic rings. The average molecular weight is 410 g/mol. The summed E-state index contributed by atoms with van der Waals surface area (Å²) in [7, 11) is 0. The van der Waals surface area contributed by atoms with Crippen LogP contribution >= 0.6 is 11.3 Å². The monoisotopic (exact) mass is 409 g/mol. The SMILES string of the molecule is Cc1cc(C)n(-c2nc(NCc3ccco3)c3c4c(sc3n2)COC(C)(C)C4)n1. The summed E-state index contributed by atoms with van der Waals surface area (Å²) >= 11 is 1.68. The molecule has 0 amide bonds. The van der Waals surface area contributed by atoms with E-state index in [1.54, 1.807) is 22.3 Å². The summed E-state index contributed by atoms with van der Waals surface area (Å²) in [5.41, 5.74) is 3.03. The van der Waals surface area contributed by atoms with Crippen molar-refractivity contribution in [3.8, 4) is 5.95 Å². The summed E-state index contributed by atoms with van der Waals surface area (Å²) in [5, 5.41) is 9.12. The number of fused-ring (bicyclic) bond motifs is 3. The van der Waals surface area contributed by atoms with E-state index in [1.165, 1.54) is 10.4 Å². The lowest BCUT2D eigenvalue weighted by Gasteiger charge is -2.30. The van der Waals surface area contributed by atoms with Gasteiger partial charge in [0.25, 0.3) is 5.95 Å². The first-order valence-electron chi connectivity index (χ1n) is 9.66. The summed E-state index contributed by atoms with van der Waals surface area (Å²) in [6, 6.07) is 5.87. The van der Waals surface area contributed by atoms with E-state index in [-0.39, 0.29) is 5.60 Å². The van der Waals surface area contributed by atoms with Crippen LogP contribution in [0.25, 0.3) is 16.2 Å². The number of nitrogens with zero attached hydrogens (tertiary/aromatic N) is 4. The molecule has 1 N–H and O–H groups in total. The van der Waals surface area contributed by atoms with Crippen molar-refractivity contribution in [2.45, 2.75) is 52.9 Å². The Morgan fingerprint density at radius 2 is 2.14 bits per heavy atom. The first-order valence-corrected chi connectivity index (χ1v) is 10.5. The summed E-state index contributed by atoms with van der Waals surface area (Å²) in [6.45, 7) is 9.40. The number of ether oxygens (including phenoxy) is 1. The van der Waals surface area contributed by atoms with E-state index in [4.69, 9.17) is 19.1 Å². The van der Waals surface area contributed by atoms with Crippen molar-refractivity contribution in [2.24, 2.45) is 0 Å². The maximum atomic E-state index is 6.03. The molecule has 0 saturated heterocycles. The summed E-state index contributed by atoms with van der Waals surface area (Å²) < 4.78 is 13.3. The normalized spacial score (nSPS) is 15.6. The molecule has 5 heterocycles. The van der Waals surface area contributed by atoms with E-state index in [1.807, 2.05) is 32.0 Å². The highest BCUT2D eigenvalue weighted by molar-refractivity contribution is 7.19. The molecule has 29 heavy (non-hydrogen) atoms. The second-order valence-electron chi connectivity index (χ2n) is 8.05. The Morgan fingerprint density at radius 3 is 2.86 bits per heavy atom. The van der Waals surface area contributed by atoms with Crippen molar-refractivity contribution in [3.63, 3.8) is 0 Å². The van der Waals surface area contributed by atoms with Crippen LogP contribution in [0.5, 0.6) is 0 Å². The number of hydrogen-bond acceptors (Lipinski definition) is 7. The fourth-order valence-corrected chi connectivity index (χ4v) is 4.87. The van der Waals surface area contributed by atoms with Gasteiger partial charge in [0.05, 0.1) is 36.1 Å². The van der Waals surface area contributed by atoms with E-state index in [9.17, 15) is 0 Å². The molecular formula is C21H23N5O2S. The minimum atomic E-state index is -0.201. The minimum Gasteiger partial charge on any atom is -0.467 e. The second-order valence-corrected chi connectivity index (χ2v) is 9.14. The lowest BCUT2D eigenvalue weighted by molar-refractivity contribution is -0.0379. The van der Waals surface area contributed by atoms with E-state index >= 15 is 0 Å². The van der Waals surface area contributed by atoms with Crippen LogP contribution in [0.3, 0.4) is 0 Å². The molecule has 0 atom stereocenters. The Labute approximate surface area is 172 Å². The molecule has 4 aromatic rings. The van der Waals surface area contributed by atoms with Gasteiger partial charge in [0.15, 0.2) is 0 Å². The number of rotatable bonds is 4. The van der Waals surface area contributed by atoms with Gasteiger partial charge in [-0.2, -0.15) is 15.1 Å². The van der Waals surface area contributed by atoms with E-state index in [0.29, 0.717) is 19.1 Å². The number of nitrogens with one attached hydrogen (secondary N) is 1. The molecule has 5 rings (SSSR count). The largest absolute Gasteiger partial charge is 0.467 e. The molecule has 0 aliphatic carbocycles. The van der Waals surface area contributed by atoms with Gasteiger partial charge in [-0.05, 0) is 51.5 Å². The molecule has 0 bridgehead atoms. The Hall–Kier alpha value is -2.71. The summed E-state index contributed by atoms with van der Waals surface area (Å²) in [4.78, 5) is 11.9. The standard InChI is InChI=1S/C21H23N5O2S/c1-12-8-13(2)26(25-12)20-23-18(22-10-14-6-5-7-27-14)17-15-9-21(3,4)28-11-16(15)29-19(17)24-20/h5-8H,9-11H2,1-4H3,(H,22,23,24). The number of anilines is 1. The number of hydrogen-bond donors (Lipinski definition) is 1. The van der Waals surface area contributed by atoms with E-state index in [2.05, 4.69) is 24.3 Å². The number of furan rings is 1. The summed E-state index contributed by atoms with van der Waals surface area (Å²) in [6.07, 6.45) is 2.51. The predicted octanol–water partition coefficient (Wildman–Crippen LogP) is 4.55. The van der Waals surface area contributed by atoms with Gasteiger partial charge in [-0.1, -0.05) is 0 Å². The molecule has 0 fully saturated rings. The number of aromatic nitrogens is 4. The highest BCUT2D eigenvalue weighted by Gasteiger charge is 2.31. The lowest BCUT2D eigenvalue weighted by Crippen LogP contribution is -2.31. The molecule has 0 aromatic carbocycles. The van der Waals surface area contributed by atoms with Gasteiger partial charge in [-0.3, -0.25) is 0 Å². The van der Waals surface area contributed by atoms with Crippen molar-refractivity contribution in [1.29, 1.82) is 0 Å². The third-order valence-corrected chi connectivity index (χ3v) is 6.23. The molecule has 150 valence electrons. The fraction of sp³-hybridized carbons (Fsp3) is 0.381. The maximum Gasteiger partial charge on any atom is 0.254 e. The van der Waals surface area contributed by atoms with Crippen molar-refractivity contribution in [1.82, 2.24) is 19.7 Å². The third-order valence-electron chi connectivity index (χ3n) is 5.13. The van der Waals surface area contributed by atoms with Crippen LogP contribution in [-0.2, 0) is 24.3 Å². The Morgan fingerprint density at radius 1 is 1.28 bits per heavy atom. The highest BCUT2D eigenvalue weighted by Crippen LogP contribution is 2.41. The van der Waals surface area contributed by atoms with E-state index in [0.717, 1.165) is 39.6 Å². The van der Waals surface area contributed by atoms with E-state index < -0.39 is 0 Å². The first-order chi connectivity index (χ1) is 13.9. The fourth-order valence-electron chi connectivity index (χ4n) is 3.77. The molecule has 0 spiro atoms. The minimum absolute atomic E-state index is 0.201. The number of aryl methyl sites for hydroxylation is 2. The topological polar surface area (TPSA) is 78.0 Å². The lowest BCUT2D eigenvalue weighted by atomic mass is 9.94. The number of thiophene rings is 1. The second kappa shape index (κ2) is 6.67. The first kappa shape index (κ1) is 18.3. The highest BCUT2D eigenvalue weighted by atomic mass is 32.1. The molecule has 0 unspecified atom stereocenters. The average Bonchev–Trinajstić information content (AvgIpc) is 3.37. The molecular weight excluding hydrogens is 386 g/mol. The molecule has 4 aromatic heterocycles. The predicted molar refractivity (Wildman–Crippen MR) is 113 cm³/mol. The molecule has 8 heteroatoms. The molecule has 7 nitrogen and oxygen atoms in total. The Balaban J connectivity index is 1.66. The molecule has 0 radical (unpaired) electrons. The van der Waals surface area contributed by atoms with Crippen molar-refractivity contribution < 1.29 is 9.15 Å². The van der Waals surface area contributed by atoms with Gasteiger partial charge < -0.3 is 14.5 Å². The zero-order chi connectivity index (χ0) is 20.2. The van der Waals surface area contributed by atoms with Crippen LogP contribution in [0.15, 0.2) is 28.9 Å². The van der Waals surface area contributed by atoms with Crippen LogP contribution in [-0.4, -0.2) is 25.3 Å². The van der Waals surface area contributed by atoms with Crippen molar-refractivity contribution in [3.05, 3.63) is 52.1 Å². The van der Waals surface area contributed by atoms with Crippen LogP contribution < -0.4 is 5.32 Å². The summed E-state index contributed by atoms with van der Waals surface area (Å²) in [5.74, 6) is 2.24. The maximum absolute atomic E-state index is 6.03. The van der Waals surface area contributed by atoms with Crippen LogP contribution in [0.1, 0.15) is 41.4 Å². The van der Waals surface area contributed by atoms with Gasteiger partial charge in [0.1, 0.15) is 16.4 Å². The van der Waals surface area contributed by atoms with Gasteiger partial charge in [0.2, 0.25) is 0 Å².